The van der Waals surface area contributed by atoms with E-state index in [0.717, 1.165) is 6.42 Å². The van der Waals surface area contributed by atoms with Gasteiger partial charge in [0.25, 0.3) is 11.8 Å². The van der Waals surface area contributed by atoms with Gasteiger partial charge in [-0.25, -0.2) is 0 Å². The molecule has 0 saturated carbocycles. The highest BCUT2D eigenvalue weighted by Gasteiger charge is 2.34. The molecule has 2 atom stereocenters. The summed E-state index contributed by atoms with van der Waals surface area (Å²) in [7, 11) is 0. The Kier molecular flexibility index (Phi) is 6.09. The standard InChI is InChI=1S/C18H25N3O3/c1-3-12(2)15(19)16(22)20-10-6-7-11-21-17(23)13-8-4-5-9-14(13)18(21)24/h4-5,8-9,12,15H,3,6-7,10-11,19H2,1-2H3,(H,20,22). The molecule has 24 heavy (non-hydrogen) atoms. The number of carbonyl (C=O) groups is 3. The number of hydrogen-bond acceptors (Lipinski definition) is 4. The van der Waals surface area contributed by atoms with Crippen molar-refractivity contribution in [1.29, 1.82) is 0 Å². The summed E-state index contributed by atoms with van der Waals surface area (Å²) in [5.74, 6) is -0.481. The van der Waals surface area contributed by atoms with Crippen LogP contribution in [0.15, 0.2) is 24.3 Å². The van der Waals surface area contributed by atoms with E-state index >= 15 is 0 Å². The first-order valence-electron chi connectivity index (χ1n) is 8.45. The molecule has 0 spiro atoms. The van der Waals surface area contributed by atoms with E-state index in [1.54, 1.807) is 24.3 Å². The Labute approximate surface area is 142 Å². The molecular formula is C18H25N3O3. The van der Waals surface area contributed by atoms with E-state index < -0.39 is 6.04 Å². The predicted molar refractivity (Wildman–Crippen MR) is 91.5 cm³/mol. The number of nitrogens with zero attached hydrogens (tertiary/aromatic N) is 1. The molecule has 3 amide bonds. The fourth-order valence-electron chi connectivity index (χ4n) is 2.68. The molecule has 130 valence electrons. The number of fused-ring (bicyclic) bond motifs is 1. The number of rotatable bonds is 8. The zero-order chi connectivity index (χ0) is 17.7. The zero-order valence-corrected chi connectivity index (χ0v) is 14.2. The van der Waals surface area contributed by atoms with Crippen LogP contribution in [0.2, 0.25) is 0 Å². The van der Waals surface area contributed by atoms with Gasteiger partial charge >= 0.3 is 0 Å². The molecule has 1 aliphatic rings. The van der Waals surface area contributed by atoms with Crippen molar-refractivity contribution in [1.82, 2.24) is 10.2 Å². The van der Waals surface area contributed by atoms with Gasteiger partial charge in [-0.1, -0.05) is 32.4 Å². The van der Waals surface area contributed by atoms with Crippen LogP contribution >= 0.6 is 0 Å². The third-order valence-corrected chi connectivity index (χ3v) is 4.55. The van der Waals surface area contributed by atoms with Crippen LogP contribution in [0.5, 0.6) is 0 Å². The van der Waals surface area contributed by atoms with Crippen LogP contribution in [0, 0.1) is 5.92 Å². The average Bonchev–Trinajstić information content (AvgIpc) is 2.84. The van der Waals surface area contributed by atoms with Crippen molar-refractivity contribution in [3.05, 3.63) is 35.4 Å². The van der Waals surface area contributed by atoms with Gasteiger partial charge in [0.05, 0.1) is 17.2 Å². The first-order chi connectivity index (χ1) is 11.5. The van der Waals surface area contributed by atoms with Crippen molar-refractivity contribution >= 4 is 17.7 Å². The monoisotopic (exact) mass is 331 g/mol. The van der Waals surface area contributed by atoms with Gasteiger partial charge in [-0.3, -0.25) is 19.3 Å². The molecular weight excluding hydrogens is 306 g/mol. The van der Waals surface area contributed by atoms with Gasteiger partial charge in [0, 0.05) is 13.1 Å². The molecule has 1 aromatic rings. The lowest BCUT2D eigenvalue weighted by Gasteiger charge is -2.18. The molecule has 2 unspecified atom stereocenters. The van der Waals surface area contributed by atoms with Gasteiger partial charge in [-0.05, 0) is 30.9 Å². The number of nitrogens with two attached hydrogens (primary N) is 1. The number of benzene rings is 1. The number of nitrogens with one attached hydrogen (secondary N) is 1. The maximum absolute atomic E-state index is 12.2. The minimum Gasteiger partial charge on any atom is -0.355 e. The maximum atomic E-state index is 12.2. The van der Waals surface area contributed by atoms with E-state index in [-0.39, 0.29) is 23.6 Å². The van der Waals surface area contributed by atoms with E-state index in [4.69, 9.17) is 5.73 Å². The third kappa shape index (κ3) is 3.82. The minimum absolute atomic E-state index is 0.142. The Morgan fingerprint density at radius 1 is 1.17 bits per heavy atom. The van der Waals surface area contributed by atoms with Gasteiger partial charge in [0.15, 0.2) is 0 Å². The van der Waals surface area contributed by atoms with E-state index in [1.807, 2.05) is 13.8 Å². The van der Waals surface area contributed by atoms with Crippen molar-refractivity contribution in [2.24, 2.45) is 11.7 Å². The second-order valence-electron chi connectivity index (χ2n) is 6.22. The quantitative estimate of drug-likeness (QED) is 0.558. The lowest BCUT2D eigenvalue weighted by molar-refractivity contribution is -0.123. The summed E-state index contributed by atoms with van der Waals surface area (Å²) in [6, 6.07) is 6.36. The second-order valence-corrected chi connectivity index (χ2v) is 6.22. The van der Waals surface area contributed by atoms with E-state index in [2.05, 4.69) is 5.32 Å². The third-order valence-electron chi connectivity index (χ3n) is 4.55. The molecule has 0 aliphatic carbocycles. The highest BCUT2D eigenvalue weighted by atomic mass is 16.2. The number of amides is 3. The number of unbranched alkanes of at least 4 members (excludes halogenated alkanes) is 1. The van der Waals surface area contributed by atoms with Gasteiger partial charge in [-0.15, -0.1) is 0 Å². The van der Waals surface area contributed by atoms with Gasteiger partial charge in [0.2, 0.25) is 5.91 Å². The Balaban J connectivity index is 1.73. The van der Waals surface area contributed by atoms with Crippen molar-refractivity contribution in [3.63, 3.8) is 0 Å². The molecule has 6 heteroatoms. The molecule has 0 bridgehead atoms. The first-order valence-corrected chi connectivity index (χ1v) is 8.45. The van der Waals surface area contributed by atoms with Crippen LogP contribution in [-0.4, -0.2) is 41.8 Å². The number of hydrogen-bond donors (Lipinski definition) is 2. The van der Waals surface area contributed by atoms with Crippen LogP contribution in [-0.2, 0) is 4.79 Å². The molecule has 0 saturated heterocycles. The SMILES string of the molecule is CCC(C)C(N)C(=O)NCCCCN1C(=O)c2ccccc2C1=O. The molecule has 1 aliphatic heterocycles. The smallest absolute Gasteiger partial charge is 0.261 e. The summed E-state index contributed by atoms with van der Waals surface area (Å²) in [5.41, 5.74) is 6.80. The Morgan fingerprint density at radius 2 is 1.75 bits per heavy atom. The lowest BCUT2D eigenvalue weighted by atomic mass is 9.99. The van der Waals surface area contributed by atoms with E-state index in [9.17, 15) is 14.4 Å². The van der Waals surface area contributed by atoms with E-state index in [0.29, 0.717) is 37.1 Å². The summed E-state index contributed by atoms with van der Waals surface area (Å²) in [4.78, 5) is 37.5. The van der Waals surface area contributed by atoms with Crippen molar-refractivity contribution in [3.8, 4) is 0 Å². The zero-order valence-electron chi connectivity index (χ0n) is 14.2. The molecule has 1 heterocycles. The molecule has 6 nitrogen and oxygen atoms in total. The lowest BCUT2D eigenvalue weighted by Crippen LogP contribution is -2.44. The molecule has 0 aromatic heterocycles. The van der Waals surface area contributed by atoms with Crippen LogP contribution in [0.4, 0.5) is 0 Å². The minimum atomic E-state index is -0.494. The van der Waals surface area contributed by atoms with Gasteiger partial charge in [0.1, 0.15) is 0 Å². The first kappa shape index (κ1) is 18.1. The van der Waals surface area contributed by atoms with Crippen LogP contribution < -0.4 is 11.1 Å². The number of imide groups is 1. The summed E-state index contributed by atoms with van der Waals surface area (Å²) < 4.78 is 0. The van der Waals surface area contributed by atoms with Gasteiger partial charge < -0.3 is 11.1 Å². The normalized spacial score (nSPS) is 16.0. The fraction of sp³-hybridized carbons (Fsp3) is 0.500. The fourth-order valence-corrected chi connectivity index (χ4v) is 2.68. The van der Waals surface area contributed by atoms with Crippen molar-refractivity contribution in [2.75, 3.05) is 13.1 Å². The highest BCUT2D eigenvalue weighted by molar-refractivity contribution is 6.21. The maximum Gasteiger partial charge on any atom is 0.261 e. The molecule has 1 aromatic carbocycles. The van der Waals surface area contributed by atoms with Crippen molar-refractivity contribution < 1.29 is 14.4 Å². The topological polar surface area (TPSA) is 92.5 Å². The molecule has 2 rings (SSSR count). The summed E-state index contributed by atoms with van der Waals surface area (Å²) in [6.07, 6.45) is 2.19. The van der Waals surface area contributed by atoms with E-state index in [1.165, 1.54) is 4.90 Å². The van der Waals surface area contributed by atoms with Gasteiger partial charge in [-0.2, -0.15) is 0 Å². The Morgan fingerprint density at radius 3 is 2.29 bits per heavy atom. The van der Waals surface area contributed by atoms with Crippen LogP contribution in [0.25, 0.3) is 0 Å². The molecule has 0 radical (unpaired) electrons. The summed E-state index contributed by atoms with van der Waals surface area (Å²) in [6.45, 7) is 4.80. The van der Waals surface area contributed by atoms with Crippen LogP contribution in [0.1, 0.15) is 53.8 Å². The van der Waals surface area contributed by atoms with Crippen LogP contribution in [0.3, 0.4) is 0 Å². The van der Waals surface area contributed by atoms with Crippen molar-refractivity contribution in [2.45, 2.75) is 39.2 Å². The summed E-state index contributed by atoms with van der Waals surface area (Å²) >= 11 is 0. The molecule has 0 fully saturated rings. The Bertz CT molecular complexity index is 595. The Hall–Kier alpha value is -2.21. The highest BCUT2D eigenvalue weighted by Crippen LogP contribution is 2.22. The second kappa shape index (κ2) is 8.06. The largest absolute Gasteiger partial charge is 0.355 e. The molecule has 3 N–H and O–H groups in total. The average molecular weight is 331 g/mol. The predicted octanol–water partition coefficient (Wildman–Crippen LogP) is 1.55. The summed E-state index contributed by atoms with van der Waals surface area (Å²) in [5, 5.41) is 2.81. The number of carbonyl (C=O) groups excluding carboxylic acids is 3.